The van der Waals surface area contributed by atoms with Crippen LogP contribution in [0.5, 0.6) is 5.75 Å². The number of ether oxygens (including phenoxy) is 1. The van der Waals surface area contributed by atoms with Crippen molar-refractivity contribution >= 4 is 27.0 Å². The molecule has 0 radical (unpaired) electrons. The van der Waals surface area contributed by atoms with Crippen LogP contribution in [0.15, 0.2) is 47.2 Å². The zero-order chi connectivity index (χ0) is 15.9. The van der Waals surface area contributed by atoms with Crippen molar-refractivity contribution in [1.29, 1.82) is 0 Å². The van der Waals surface area contributed by atoms with Crippen molar-refractivity contribution in [2.24, 2.45) is 7.05 Å². The molecule has 0 fully saturated rings. The van der Waals surface area contributed by atoms with Gasteiger partial charge in [-0.3, -0.25) is 0 Å². The number of imidazole rings is 1. The summed E-state index contributed by atoms with van der Waals surface area (Å²) in [4.78, 5) is 4.36. The van der Waals surface area contributed by atoms with Crippen LogP contribution in [-0.4, -0.2) is 15.9 Å². The zero-order valence-corrected chi connectivity index (χ0v) is 12.9. The number of aromatic nitrogens is 2. The van der Waals surface area contributed by atoms with Crippen LogP contribution in [-0.2, 0) is 7.05 Å². The highest BCUT2D eigenvalue weighted by molar-refractivity contribution is 9.10. The van der Waals surface area contributed by atoms with Gasteiger partial charge in [-0.25, -0.2) is 4.98 Å². The van der Waals surface area contributed by atoms with E-state index >= 15 is 0 Å². The van der Waals surface area contributed by atoms with Crippen molar-refractivity contribution in [3.63, 3.8) is 0 Å². The Morgan fingerprint density at radius 3 is 2.41 bits per heavy atom. The first-order valence-corrected chi connectivity index (χ1v) is 7.10. The van der Waals surface area contributed by atoms with Crippen LogP contribution in [0.4, 0.5) is 13.2 Å². The van der Waals surface area contributed by atoms with E-state index in [1.165, 1.54) is 12.1 Å². The molecule has 0 amide bonds. The fraction of sp³-hybridized carbons (Fsp3) is 0.133. The molecule has 114 valence electrons. The molecule has 2 aromatic carbocycles. The van der Waals surface area contributed by atoms with Gasteiger partial charge in [0.25, 0.3) is 0 Å². The predicted octanol–water partition coefficient (Wildman–Crippen LogP) is 4.90. The average molecular weight is 371 g/mol. The highest BCUT2D eigenvalue weighted by Gasteiger charge is 2.31. The van der Waals surface area contributed by atoms with Gasteiger partial charge in [-0.1, -0.05) is 18.2 Å². The Morgan fingerprint density at radius 1 is 1.09 bits per heavy atom. The summed E-state index contributed by atoms with van der Waals surface area (Å²) in [5.74, 6) is -0.245. The van der Waals surface area contributed by atoms with Crippen LogP contribution in [0.1, 0.15) is 0 Å². The minimum Gasteiger partial charge on any atom is -0.406 e. The Bertz CT molecular complexity index is 825. The fourth-order valence-electron chi connectivity index (χ4n) is 2.29. The van der Waals surface area contributed by atoms with Gasteiger partial charge in [-0.2, -0.15) is 0 Å². The number of fused-ring (bicyclic) bond motifs is 1. The topological polar surface area (TPSA) is 27.1 Å². The van der Waals surface area contributed by atoms with E-state index in [1.54, 1.807) is 18.5 Å². The number of halogens is 4. The zero-order valence-electron chi connectivity index (χ0n) is 11.4. The fourth-order valence-corrected chi connectivity index (χ4v) is 2.89. The first-order chi connectivity index (χ1) is 10.3. The van der Waals surface area contributed by atoms with Crippen molar-refractivity contribution < 1.29 is 17.9 Å². The molecule has 0 atom stereocenters. The van der Waals surface area contributed by atoms with Gasteiger partial charge in [-0.15, -0.1) is 13.2 Å². The van der Waals surface area contributed by atoms with Crippen molar-refractivity contribution in [3.8, 4) is 16.9 Å². The molecule has 3 rings (SSSR count). The summed E-state index contributed by atoms with van der Waals surface area (Å²) in [5.41, 5.74) is 3.32. The van der Waals surface area contributed by atoms with E-state index in [9.17, 15) is 13.2 Å². The number of rotatable bonds is 2. The highest BCUT2D eigenvalue weighted by atomic mass is 79.9. The number of aryl methyl sites for hydroxylation is 1. The molecule has 1 heterocycles. The number of benzene rings is 2. The molecule has 0 aliphatic heterocycles. The van der Waals surface area contributed by atoms with Crippen LogP contribution >= 0.6 is 15.9 Å². The molecular formula is C15H10BrF3N2O. The Hall–Kier alpha value is -2.02. The molecular weight excluding hydrogens is 361 g/mol. The van der Waals surface area contributed by atoms with Gasteiger partial charge in [-0.05, 0) is 39.7 Å². The SMILES string of the molecule is Cn1cnc2c(-c3ccc(OC(F)(F)F)cc3)ccc(Br)c21. The molecule has 3 aromatic rings. The van der Waals surface area contributed by atoms with E-state index in [0.717, 1.165) is 26.6 Å². The molecule has 0 N–H and O–H groups in total. The highest BCUT2D eigenvalue weighted by Crippen LogP contribution is 2.33. The van der Waals surface area contributed by atoms with Crippen LogP contribution < -0.4 is 4.74 Å². The van der Waals surface area contributed by atoms with Gasteiger partial charge in [0.05, 0.1) is 17.4 Å². The van der Waals surface area contributed by atoms with Crippen molar-refractivity contribution in [1.82, 2.24) is 9.55 Å². The quantitative estimate of drug-likeness (QED) is 0.641. The summed E-state index contributed by atoms with van der Waals surface area (Å²) in [6.45, 7) is 0. The van der Waals surface area contributed by atoms with E-state index in [0.29, 0.717) is 0 Å². The van der Waals surface area contributed by atoms with Crippen molar-refractivity contribution in [3.05, 3.63) is 47.2 Å². The second-order valence-corrected chi connectivity index (χ2v) is 5.57. The number of hydrogen-bond acceptors (Lipinski definition) is 2. The minimum atomic E-state index is -4.69. The van der Waals surface area contributed by atoms with Crippen LogP contribution in [0.25, 0.3) is 22.2 Å². The second kappa shape index (κ2) is 5.31. The summed E-state index contributed by atoms with van der Waals surface area (Å²) in [7, 11) is 1.88. The molecule has 7 heteroatoms. The van der Waals surface area contributed by atoms with Crippen LogP contribution in [0.3, 0.4) is 0 Å². The Balaban J connectivity index is 2.03. The summed E-state index contributed by atoms with van der Waals surface area (Å²) >= 11 is 3.47. The lowest BCUT2D eigenvalue weighted by molar-refractivity contribution is -0.274. The van der Waals surface area contributed by atoms with Gasteiger partial charge in [0, 0.05) is 17.1 Å². The molecule has 0 aliphatic rings. The largest absolute Gasteiger partial charge is 0.573 e. The van der Waals surface area contributed by atoms with E-state index in [4.69, 9.17) is 0 Å². The first-order valence-electron chi connectivity index (χ1n) is 6.31. The lowest BCUT2D eigenvalue weighted by atomic mass is 10.0. The van der Waals surface area contributed by atoms with E-state index < -0.39 is 6.36 Å². The molecule has 22 heavy (non-hydrogen) atoms. The van der Waals surface area contributed by atoms with Crippen molar-refractivity contribution in [2.75, 3.05) is 0 Å². The Kier molecular flexibility index (Phi) is 3.60. The predicted molar refractivity (Wildman–Crippen MR) is 80.5 cm³/mol. The average Bonchev–Trinajstić information content (AvgIpc) is 2.82. The summed E-state index contributed by atoms with van der Waals surface area (Å²) in [6.07, 6.45) is -2.99. The molecule has 0 saturated carbocycles. The number of hydrogen-bond donors (Lipinski definition) is 0. The summed E-state index contributed by atoms with van der Waals surface area (Å²) in [5, 5.41) is 0. The lowest BCUT2D eigenvalue weighted by Gasteiger charge is -2.10. The Morgan fingerprint density at radius 2 is 1.77 bits per heavy atom. The van der Waals surface area contributed by atoms with Gasteiger partial charge in [0.2, 0.25) is 0 Å². The van der Waals surface area contributed by atoms with Gasteiger partial charge >= 0.3 is 6.36 Å². The lowest BCUT2D eigenvalue weighted by Crippen LogP contribution is -2.16. The third-order valence-corrected chi connectivity index (χ3v) is 3.85. The Labute approximate surface area is 132 Å². The van der Waals surface area contributed by atoms with E-state index in [-0.39, 0.29) is 5.75 Å². The van der Waals surface area contributed by atoms with Gasteiger partial charge < -0.3 is 9.30 Å². The normalized spacial score (nSPS) is 11.9. The smallest absolute Gasteiger partial charge is 0.406 e. The monoisotopic (exact) mass is 370 g/mol. The molecule has 3 nitrogen and oxygen atoms in total. The van der Waals surface area contributed by atoms with Gasteiger partial charge in [0.1, 0.15) is 5.75 Å². The standard InChI is InChI=1S/C15H10BrF3N2O/c1-21-8-20-13-11(6-7-12(16)14(13)21)9-2-4-10(5-3-9)22-15(17,18)19/h2-8H,1H3. The van der Waals surface area contributed by atoms with E-state index in [2.05, 4.69) is 25.7 Å². The third kappa shape index (κ3) is 2.81. The second-order valence-electron chi connectivity index (χ2n) is 4.72. The molecule has 0 bridgehead atoms. The van der Waals surface area contributed by atoms with Crippen molar-refractivity contribution in [2.45, 2.75) is 6.36 Å². The maximum atomic E-state index is 12.2. The molecule has 0 aliphatic carbocycles. The van der Waals surface area contributed by atoms with Crippen LogP contribution in [0.2, 0.25) is 0 Å². The maximum Gasteiger partial charge on any atom is 0.573 e. The third-order valence-electron chi connectivity index (χ3n) is 3.21. The molecule has 0 unspecified atom stereocenters. The van der Waals surface area contributed by atoms with Crippen LogP contribution in [0, 0.1) is 0 Å². The first kappa shape index (κ1) is 14.9. The van der Waals surface area contributed by atoms with Gasteiger partial charge in [0.15, 0.2) is 0 Å². The van der Waals surface area contributed by atoms with E-state index in [1.807, 2.05) is 23.7 Å². The molecule has 0 saturated heterocycles. The summed E-state index contributed by atoms with van der Waals surface area (Å²) < 4.78 is 43.2. The number of nitrogens with zero attached hydrogens (tertiary/aromatic N) is 2. The number of alkyl halides is 3. The maximum absolute atomic E-state index is 12.2. The molecule has 1 aromatic heterocycles. The minimum absolute atomic E-state index is 0.245. The summed E-state index contributed by atoms with van der Waals surface area (Å²) in [6, 6.07) is 9.51. The molecule has 0 spiro atoms.